The van der Waals surface area contributed by atoms with Gasteiger partial charge in [-0.05, 0) is 24.6 Å². The van der Waals surface area contributed by atoms with E-state index < -0.39 is 36.3 Å². The number of carbonyl (C=O) groups excluding carboxylic acids is 1. The van der Waals surface area contributed by atoms with Gasteiger partial charge in [-0.1, -0.05) is 11.6 Å². The van der Waals surface area contributed by atoms with Crippen LogP contribution in [0, 0.1) is 6.92 Å². The number of hydrogen-bond donors (Lipinski definition) is 2. The number of aliphatic hydroxyl groups excluding tert-OH is 2. The number of hydrogen-bond acceptors (Lipinski definition) is 4. The van der Waals surface area contributed by atoms with Crippen molar-refractivity contribution in [1.82, 2.24) is 0 Å². The maximum absolute atomic E-state index is 12.7. The van der Waals surface area contributed by atoms with Gasteiger partial charge in [-0.2, -0.15) is 13.2 Å². The van der Waals surface area contributed by atoms with Crippen LogP contribution >= 0.6 is 0 Å². The van der Waals surface area contributed by atoms with Crippen molar-refractivity contribution in [2.75, 3.05) is 7.11 Å². The number of benzene rings is 1. The molecule has 0 radical (unpaired) electrons. The fourth-order valence-corrected chi connectivity index (χ4v) is 1.74. The molecule has 2 atom stereocenters. The molecular weight excluding hydrogens is 277 g/mol. The molecule has 1 aromatic carbocycles. The Labute approximate surface area is 113 Å². The second-order valence-corrected chi connectivity index (χ2v) is 4.42. The molecule has 0 fully saturated rings. The zero-order valence-corrected chi connectivity index (χ0v) is 10.9. The number of alkyl halides is 3. The summed E-state index contributed by atoms with van der Waals surface area (Å²) in [6.45, 7) is 1.44. The van der Waals surface area contributed by atoms with E-state index in [9.17, 15) is 28.2 Å². The topological polar surface area (TPSA) is 66.8 Å². The van der Waals surface area contributed by atoms with Crippen molar-refractivity contribution in [3.8, 4) is 0 Å². The summed E-state index contributed by atoms with van der Waals surface area (Å²) in [6, 6.07) is 3.00. The highest BCUT2D eigenvalue weighted by atomic mass is 19.4. The van der Waals surface area contributed by atoms with E-state index in [4.69, 9.17) is 0 Å². The lowest BCUT2D eigenvalue weighted by Crippen LogP contribution is -2.23. The summed E-state index contributed by atoms with van der Waals surface area (Å²) in [5.41, 5.74) is -0.732. The number of ether oxygens (including phenoxy) is 1. The summed E-state index contributed by atoms with van der Waals surface area (Å²) in [4.78, 5) is 11.0. The predicted octanol–water partition coefficient (Wildman–Crippen LogP) is 1.97. The van der Waals surface area contributed by atoms with Crippen molar-refractivity contribution < 1.29 is 32.9 Å². The van der Waals surface area contributed by atoms with E-state index in [2.05, 4.69) is 4.74 Å². The molecule has 0 bridgehead atoms. The summed E-state index contributed by atoms with van der Waals surface area (Å²) in [5, 5.41) is 19.4. The summed E-state index contributed by atoms with van der Waals surface area (Å²) < 4.78 is 42.3. The van der Waals surface area contributed by atoms with Gasteiger partial charge in [0.25, 0.3) is 0 Å². The third-order valence-electron chi connectivity index (χ3n) is 2.74. The van der Waals surface area contributed by atoms with Crippen LogP contribution in [0.15, 0.2) is 18.2 Å². The van der Waals surface area contributed by atoms with Crippen molar-refractivity contribution in [2.24, 2.45) is 0 Å². The first-order chi connectivity index (χ1) is 9.15. The first-order valence-corrected chi connectivity index (χ1v) is 5.77. The maximum atomic E-state index is 12.7. The molecule has 7 heteroatoms. The lowest BCUT2D eigenvalue weighted by molar-refractivity contribution is -0.145. The van der Waals surface area contributed by atoms with E-state index >= 15 is 0 Å². The highest BCUT2D eigenvalue weighted by Gasteiger charge is 2.32. The Hall–Kier alpha value is -1.60. The minimum Gasteiger partial charge on any atom is -0.469 e. The third kappa shape index (κ3) is 4.21. The van der Waals surface area contributed by atoms with Crippen LogP contribution in [0.1, 0.15) is 29.2 Å². The Morgan fingerprint density at radius 3 is 2.40 bits per heavy atom. The number of carbonyl (C=O) groups is 1. The maximum Gasteiger partial charge on any atom is 0.416 e. The quantitative estimate of drug-likeness (QED) is 0.833. The molecule has 2 unspecified atom stereocenters. The molecule has 112 valence electrons. The van der Waals surface area contributed by atoms with Gasteiger partial charge in [0.05, 0.1) is 25.2 Å². The molecule has 0 aliphatic heterocycles. The van der Waals surface area contributed by atoms with Crippen molar-refractivity contribution in [3.05, 3.63) is 34.9 Å². The van der Waals surface area contributed by atoms with E-state index in [1.807, 2.05) is 0 Å². The molecular formula is C13H15F3O4. The third-order valence-corrected chi connectivity index (χ3v) is 2.74. The molecule has 1 rings (SSSR count). The SMILES string of the molecule is COC(=O)CC(O)C(O)c1cc(C)cc(C(F)(F)F)c1. The van der Waals surface area contributed by atoms with Crippen LogP contribution in [-0.4, -0.2) is 29.4 Å². The van der Waals surface area contributed by atoms with Crippen LogP contribution in [0.25, 0.3) is 0 Å². The zero-order chi connectivity index (χ0) is 15.5. The predicted molar refractivity (Wildman–Crippen MR) is 63.8 cm³/mol. The van der Waals surface area contributed by atoms with Crippen molar-refractivity contribution >= 4 is 5.97 Å². The second-order valence-electron chi connectivity index (χ2n) is 4.42. The van der Waals surface area contributed by atoms with Crippen LogP contribution in [0.3, 0.4) is 0 Å². The largest absolute Gasteiger partial charge is 0.469 e. The van der Waals surface area contributed by atoms with Gasteiger partial charge >= 0.3 is 12.1 Å². The van der Waals surface area contributed by atoms with Gasteiger partial charge in [-0.15, -0.1) is 0 Å². The van der Waals surface area contributed by atoms with Crippen molar-refractivity contribution in [3.63, 3.8) is 0 Å². The number of aryl methyl sites for hydroxylation is 1. The Kier molecular flexibility index (Phi) is 5.13. The van der Waals surface area contributed by atoms with Gasteiger partial charge in [0.2, 0.25) is 0 Å². The lowest BCUT2D eigenvalue weighted by Gasteiger charge is -2.19. The van der Waals surface area contributed by atoms with E-state index in [0.717, 1.165) is 19.2 Å². The molecule has 0 aliphatic carbocycles. The fraction of sp³-hybridized carbons (Fsp3) is 0.462. The van der Waals surface area contributed by atoms with Gasteiger partial charge in [-0.3, -0.25) is 4.79 Å². The minimum atomic E-state index is -4.55. The molecule has 2 N–H and O–H groups in total. The first-order valence-electron chi connectivity index (χ1n) is 5.77. The average molecular weight is 292 g/mol. The monoisotopic (exact) mass is 292 g/mol. The molecule has 20 heavy (non-hydrogen) atoms. The molecule has 0 heterocycles. The molecule has 0 spiro atoms. The standard InChI is InChI=1S/C13H15F3O4/c1-7-3-8(5-9(4-7)13(14,15)16)12(19)10(17)6-11(18)20-2/h3-5,10,12,17,19H,6H2,1-2H3. The van der Waals surface area contributed by atoms with Crippen molar-refractivity contribution in [1.29, 1.82) is 0 Å². The zero-order valence-electron chi connectivity index (χ0n) is 10.9. The van der Waals surface area contributed by atoms with E-state index in [-0.39, 0.29) is 5.56 Å². The number of rotatable bonds is 4. The van der Waals surface area contributed by atoms with E-state index in [1.165, 1.54) is 13.0 Å². The number of esters is 1. The molecule has 0 aromatic heterocycles. The number of halogens is 3. The molecule has 0 aliphatic rings. The highest BCUT2D eigenvalue weighted by Crippen LogP contribution is 2.32. The van der Waals surface area contributed by atoms with Gasteiger partial charge in [-0.25, -0.2) is 0 Å². The normalized spacial score (nSPS) is 14.8. The Bertz CT molecular complexity index is 485. The summed E-state index contributed by atoms with van der Waals surface area (Å²) >= 11 is 0. The van der Waals surface area contributed by atoms with Gasteiger partial charge in [0, 0.05) is 0 Å². The van der Waals surface area contributed by atoms with Crippen LogP contribution in [0.5, 0.6) is 0 Å². The van der Waals surface area contributed by atoms with Crippen LogP contribution in [0.4, 0.5) is 13.2 Å². The Morgan fingerprint density at radius 2 is 1.90 bits per heavy atom. The molecule has 0 amide bonds. The molecule has 1 aromatic rings. The van der Waals surface area contributed by atoms with Gasteiger partial charge < -0.3 is 14.9 Å². The van der Waals surface area contributed by atoms with Gasteiger partial charge in [0.15, 0.2) is 0 Å². The highest BCUT2D eigenvalue weighted by molar-refractivity contribution is 5.69. The van der Waals surface area contributed by atoms with Crippen molar-refractivity contribution in [2.45, 2.75) is 31.7 Å². The summed E-state index contributed by atoms with van der Waals surface area (Å²) in [6.07, 6.45) is -8.19. The van der Waals surface area contributed by atoms with Gasteiger partial charge in [0.1, 0.15) is 6.10 Å². The van der Waals surface area contributed by atoms with Crippen LogP contribution in [-0.2, 0) is 15.7 Å². The molecule has 0 saturated heterocycles. The lowest BCUT2D eigenvalue weighted by atomic mass is 9.97. The van der Waals surface area contributed by atoms with Crippen LogP contribution < -0.4 is 0 Å². The average Bonchev–Trinajstić information content (AvgIpc) is 2.35. The Morgan fingerprint density at radius 1 is 1.30 bits per heavy atom. The summed E-state index contributed by atoms with van der Waals surface area (Å²) in [7, 11) is 1.11. The van der Waals surface area contributed by atoms with Crippen LogP contribution in [0.2, 0.25) is 0 Å². The first kappa shape index (κ1) is 16.5. The summed E-state index contributed by atoms with van der Waals surface area (Å²) in [5.74, 6) is -0.764. The fourth-order valence-electron chi connectivity index (χ4n) is 1.74. The minimum absolute atomic E-state index is 0.103. The smallest absolute Gasteiger partial charge is 0.416 e. The Balaban J connectivity index is 3.01. The number of methoxy groups -OCH3 is 1. The molecule has 4 nitrogen and oxygen atoms in total. The second kappa shape index (κ2) is 6.23. The number of aliphatic hydroxyl groups is 2. The van der Waals surface area contributed by atoms with E-state index in [0.29, 0.717) is 5.56 Å². The molecule has 0 saturated carbocycles. The van der Waals surface area contributed by atoms with E-state index in [1.54, 1.807) is 0 Å².